The largest absolute Gasteiger partial charge is 0.494 e. The van der Waals surface area contributed by atoms with Gasteiger partial charge in [0.15, 0.2) is 0 Å². The van der Waals surface area contributed by atoms with Crippen molar-refractivity contribution in [3.8, 4) is 17.2 Å². The molecule has 4 heteroatoms. The van der Waals surface area contributed by atoms with E-state index in [1.165, 1.54) is 0 Å². The van der Waals surface area contributed by atoms with Crippen LogP contribution < -0.4 is 9.47 Å². The Bertz CT molecular complexity index is 540. The first-order valence-corrected chi connectivity index (χ1v) is 7.48. The molecule has 19 heavy (non-hydrogen) atoms. The molecule has 0 unspecified atom stereocenters. The molecule has 2 nitrogen and oxygen atoms in total. The van der Waals surface area contributed by atoms with E-state index in [1.54, 1.807) is 0 Å². The lowest BCUT2D eigenvalue weighted by Gasteiger charge is -2.11. The highest BCUT2D eigenvalue weighted by atomic mass is 79.9. The zero-order valence-electron chi connectivity index (χ0n) is 10.5. The molecule has 2 aromatic rings. The summed E-state index contributed by atoms with van der Waals surface area (Å²) >= 11 is 9.55. The highest BCUT2D eigenvalue weighted by molar-refractivity contribution is 9.08. The third kappa shape index (κ3) is 3.64. The standard InChI is InChI=1S/C15H14BrClO2/c1-2-18-11-6-8-12(9-7-11)19-15-5-3-4-14(17)13(15)10-16/h3-9H,2,10H2,1H3. The summed E-state index contributed by atoms with van der Waals surface area (Å²) in [6.45, 7) is 2.61. The molecular formula is C15H14BrClO2. The van der Waals surface area contributed by atoms with Crippen molar-refractivity contribution in [2.75, 3.05) is 6.61 Å². The normalized spacial score (nSPS) is 10.3. The van der Waals surface area contributed by atoms with Gasteiger partial charge in [-0.1, -0.05) is 33.6 Å². The van der Waals surface area contributed by atoms with Crippen LogP contribution in [0.3, 0.4) is 0 Å². The van der Waals surface area contributed by atoms with Crippen LogP contribution in [0.15, 0.2) is 42.5 Å². The SMILES string of the molecule is CCOc1ccc(Oc2cccc(Cl)c2CBr)cc1. The third-order valence-corrected chi connectivity index (χ3v) is 3.49. The predicted octanol–water partition coefficient (Wildman–Crippen LogP) is 5.43. The molecule has 0 aliphatic carbocycles. The van der Waals surface area contributed by atoms with Gasteiger partial charge in [-0.15, -0.1) is 0 Å². The summed E-state index contributed by atoms with van der Waals surface area (Å²) in [4.78, 5) is 0. The number of rotatable bonds is 5. The van der Waals surface area contributed by atoms with Gasteiger partial charge < -0.3 is 9.47 Å². The van der Waals surface area contributed by atoms with Gasteiger partial charge in [0, 0.05) is 15.9 Å². The predicted molar refractivity (Wildman–Crippen MR) is 81.8 cm³/mol. The fourth-order valence-corrected chi connectivity index (χ4v) is 2.63. The van der Waals surface area contributed by atoms with Crippen molar-refractivity contribution in [2.45, 2.75) is 12.3 Å². The van der Waals surface area contributed by atoms with Crippen LogP contribution in [0.2, 0.25) is 5.02 Å². The Kier molecular flexibility index (Phi) is 5.11. The average Bonchev–Trinajstić information content (AvgIpc) is 2.42. The molecule has 0 aliphatic rings. The molecule has 0 spiro atoms. The zero-order valence-corrected chi connectivity index (χ0v) is 12.9. The van der Waals surface area contributed by atoms with Crippen LogP contribution >= 0.6 is 27.5 Å². The van der Waals surface area contributed by atoms with E-state index in [4.69, 9.17) is 21.1 Å². The highest BCUT2D eigenvalue weighted by Gasteiger charge is 2.07. The molecule has 0 atom stereocenters. The van der Waals surface area contributed by atoms with Gasteiger partial charge in [-0.05, 0) is 43.3 Å². The van der Waals surface area contributed by atoms with Crippen molar-refractivity contribution < 1.29 is 9.47 Å². The van der Waals surface area contributed by atoms with Gasteiger partial charge in [0.1, 0.15) is 17.2 Å². The van der Waals surface area contributed by atoms with E-state index in [-0.39, 0.29) is 0 Å². The van der Waals surface area contributed by atoms with E-state index in [2.05, 4.69) is 15.9 Å². The number of hydrogen-bond donors (Lipinski definition) is 0. The first-order valence-electron chi connectivity index (χ1n) is 5.98. The van der Waals surface area contributed by atoms with E-state index in [1.807, 2.05) is 49.4 Å². The van der Waals surface area contributed by atoms with Crippen LogP contribution in [0.25, 0.3) is 0 Å². The summed E-state index contributed by atoms with van der Waals surface area (Å²) in [5.41, 5.74) is 0.943. The lowest BCUT2D eigenvalue weighted by atomic mass is 10.2. The molecule has 0 amide bonds. The second kappa shape index (κ2) is 6.83. The topological polar surface area (TPSA) is 18.5 Å². The van der Waals surface area contributed by atoms with Crippen molar-refractivity contribution >= 4 is 27.5 Å². The summed E-state index contributed by atoms with van der Waals surface area (Å²) < 4.78 is 11.2. The molecule has 100 valence electrons. The molecule has 0 fully saturated rings. The minimum Gasteiger partial charge on any atom is -0.494 e. The maximum absolute atomic E-state index is 6.13. The molecule has 0 aliphatic heterocycles. The Morgan fingerprint density at radius 1 is 1.05 bits per heavy atom. The van der Waals surface area contributed by atoms with Crippen molar-refractivity contribution in [3.63, 3.8) is 0 Å². The van der Waals surface area contributed by atoms with Crippen molar-refractivity contribution in [1.82, 2.24) is 0 Å². The Hall–Kier alpha value is -1.19. The van der Waals surface area contributed by atoms with E-state index < -0.39 is 0 Å². The Labute approximate surface area is 126 Å². The quantitative estimate of drug-likeness (QED) is 0.675. The molecule has 2 rings (SSSR count). The minimum absolute atomic E-state index is 0.652. The fourth-order valence-electron chi connectivity index (χ4n) is 1.66. The molecule has 0 saturated heterocycles. The first-order chi connectivity index (χ1) is 9.24. The van der Waals surface area contributed by atoms with Gasteiger partial charge in [0.2, 0.25) is 0 Å². The smallest absolute Gasteiger partial charge is 0.132 e. The Balaban J connectivity index is 2.19. The van der Waals surface area contributed by atoms with Crippen LogP contribution in [0.1, 0.15) is 12.5 Å². The maximum atomic E-state index is 6.13. The average molecular weight is 342 g/mol. The minimum atomic E-state index is 0.652. The van der Waals surface area contributed by atoms with Crippen LogP contribution in [-0.2, 0) is 5.33 Å². The molecule has 0 aromatic heterocycles. The van der Waals surface area contributed by atoms with Crippen molar-refractivity contribution in [3.05, 3.63) is 53.1 Å². The molecule has 0 heterocycles. The number of benzene rings is 2. The Morgan fingerprint density at radius 2 is 1.74 bits per heavy atom. The van der Waals surface area contributed by atoms with Crippen LogP contribution in [0.5, 0.6) is 17.2 Å². The lowest BCUT2D eigenvalue weighted by molar-refractivity contribution is 0.339. The van der Waals surface area contributed by atoms with Gasteiger partial charge in [-0.2, -0.15) is 0 Å². The van der Waals surface area contributed by atoms with E-state index in [0.29, 0.717) is 17.0 Å². The summed E-state index contributed by atoms with van der Waals surface area (Å²) in [5, 5.41) is 1.35. The van der Waals surface area contributed by atoms with Crippen molar-refractivity contribution in [2.24, 2.45) is 0 Å². The number of alkyl halides is 1. The summed E-state index contributed by atoms with van der Waals surface area (Å²) in [7, 11) is 0. The monoisotopic (exact) mass is 340 g/mol. The van der Waals surface area contributed by atoms with E-state index >= 15 is 0 Å². The molecule has 0 saturated carbocycles. The summed E-state index contributed by atoms with van der Waals surface area (Å²) in [6.07, 6.45) is 0. The molecule has 0 radical (unpaired) electrons. The number of hydrogen-bond acceptors (Lipinski definition) is 2. The molecule has 2 aromatic carbocycles. The highest BCUT2D eigenvalue weighted by Crippen LogP contribution is 2.32. The van der Waals surface area contributed by atoms with Crippen LogP contribution in [0, 0.1) is 0 Å². The molecule has 0 bridgehead atoms. The van der Waals surface area contributed by atoms with E-state index in [9.17, 15) is 0 Å². The van der Waals surface area contributed by atoms with Crippen LogP contribution in [0.4, 0.5) is 0 Å². The summed E-state index contributed by atoms with van der Waals surface area (Å²) in [5.74, 6) is 2.35. The van der Waals surface area contributed by atoms with Crippen LogP contribution in [-0.4, -0.2) is 6.61 Å². The number of ether oxygens (including phenoxy) is 2. The first kappa shape index (κ1) is 14.2. The van der Waals surface area contributed by atoms with E-state index in [0.717, 1.165) is 22.8 Å². The zero-order chi connectivity index (χ0) is 13.7. The van der Waals surface area contributed by atoms with Gasteiger partial charge in [-0.25, -0.2) is 0 Å². The second-order valence-electron chi connectivity index (χ2n) is 3.86. The maximum Gasteiger partial charge on any atom is 0.132 e. The second-order valence-corrected chi connectivity index (χ2v) is 4.82. The van der Waals surface area contributed by atoms with Gasteiger partial charge >= 0.3 is 0 Å². The van der Waals surface area contributed by atoms with Gasteiger partial charge in [-0.3, -0.25) is 0 Å². The van der Waals surface area contributed by atoms with Gasteiger partial charge in [0.05, 0.1) is 6.61 Å². The molecular weight excluding hydrogens is 328 g/mol. The molecule has 0 N–H and O–H groups in total. The number of halogens is 2. The third-order valence-electron chi connectivity index (χ3n) is 2.57. The fraction of sp³-hybridized carbons (Fsp3) is 0.200. The summed E-state index contributed by atoms with van der Waals surface area (Å²) in [6, 6.07) is 13.2. The lowest BCUT2D eigenvalue weighted by Crippen LogP contribution is -1.92. The Morgan fingerprint density at radius 3 is 2.37 bits per heavy atom. The van der Waals surface area contributed by atoms with Crippen molar-refractivity contribution in [1.29, 1.82) is 0 Å². The van der Waals surface area contributed by atoms with Gasteiger partial charge in [0.25, 0.3) is 0 Å².